The average Bonchev–Trinajstić information content (AvgIpc) is 2.57. The Hall–Kier alpha value is -2.11. The molecule has 1 aromatic heterocycles. The van der Waals surface area contributed by atoms with Gasteiger partial charge in [0.15, 0.2) is 0 Å². The van der Waals surface area contributed by atoms with Crippen LogP contribution in [0.2, 0.25) is 10.0 Å². The molecule has 24 heavy (non-hydrogen) atoms. The van der Waals surface area contributed by atoms with Crippen LogP contribution in [0.4, 0.5) is 5.69 Å². The van der Waals surface area contributed by atoms with Gasteiger partial charge >= 0.3 is 0 Å². The molecule has 126 valence electrons. The lowest BCUT2D eigenvalue weighted by Gasteiger charge is -2.21. The minimum absolute atomic E-state index is 0.160. The lowest BCUT2D eigenvalue weighted by Crippen LogP contribution is -2.33. The molecule has 0 aliphatic heterocycles. The van der Waals surface area contributed by atoms with E-state index < -0.39 is 0 Å². The number of carbonyl (C=O) groups excluding carboxylic acids is 2. The number of anilines is 1. The third kappa shape index (κ3) is 5.22. The maximum atomic E-state index is 12.0. The number of nitrogens with zero attached hydrogens (tertiary/aromatic N) is 2. The van der Waals surface area contributed by atoms with Gasteiger partial charge in [0.25, 0.3) is 0 Å². The van der Waals surface area contributed by atoms with Gasteiger partial charge in [0.05, 0.1) is 22.3 Å². The van der Waals surface area contributed by atoms with E-state index in [9.17, 15) is 9.59 Å². The fourth-order valence-corrected chi connectivity index (χ4v) is 2.41. The predicted molar refractivity (Wildman–Crippen MR) is 95.2 cm³/mol. The molecule has 0 saturated carbocycles. The Morgan fingerprint density at radius 3 is 2.58 bits per heavy atom. The van der Waals surface area contributed by atoms with Gasteiger partial charge in [0.1, 0.15) is 0 Å². The Morgan fingerprint density at radius 2 is 1.96 bits per heavy atom. The summed E-state index contributed by atoms with van der Waals surface area (Å²) in [6, 6.07) is 10.4. The molecule has 0 bridgehead atoms. The fourth-order valence-electron chi connectivity index (χ4n) is 2.11. The first-order valence-corrected chi connectivity index (χ1v) is 8.12. The number of hydrogen-bond acceptors (Lipinski definition) is 3. The van der Waals surface area contributed by atoms with Crippen LogP contribution in [0.15, 0.2) is 42.6 Å². The zero-order valence-corrected chi connectivity index (χ0v) is 14.6. The molecule has 0 atom stereocenters. The molecule has 1 heterocycles. The normalized spacial score (nSPS) is 10.3. The van der Waals surface area contributed by atoms with Gasteiger partial charge in [-0.2, -0.15) is 0 Å². The van der Waals surface area contributed by atoms with E-state index in [1.54, 1.807) is 24.4 Å². The van der Waals surface area contributed by atoms with Crippen LogP contribution in [0.25, 0.3) is 0 Å². The van der Waals surface area contributed by atoms with Crippen molar-refractivity contribution in [1.82, 2.24) is 10.3 Å². The second-order valence-corrected chi connectivity index (χ2v) is 5.93. The quantitative estimate of drug-likeness (QED) is 0.852. The molecule has 1 N–H and O–H groups in total. The van der Waals surface area contributed by atoms with E-state index in [0.29, 0.717) is 22.3 Å². The van der Waals surface area contributed by atoms with E-state index in [-0.39, 0.29) is 24.8 Å². The first-order chi connectivity index (χ1) is 11.5. The van der Waals surface area contributed by atoms with Gasteiger partial charge in [0.2, 0.25) is 11.8 Å². The molecule has 5 nitrogen and oxygen atoms in total. The van der Waals surface area contributed by atoms with Crippen LogP contribution < -0.4 is 10.2 Å². The summed E-state index contributed by atoms with van der Waals surface area (Å²) in [6.45, 7) is 2.04. The molecule has 0 radical (unpaired) electrons. The Kier molecular flexibility index (Phi) is 6.58. The van der Waals surface area contributed by atoms with Gasteiger partial charge in [-0.1, -0.05) is 29.3 Å². The van der Waals surface area contributed by atoms with Gasteiger partial charge in [0, 0.05) is 31.8 Å². The highest BCUT2D eigenvalue weighted by Crippen LogP contribution is 2.27. The number of halogens is 2. The summed E-state index contributed by atoms with van der Waals surface area (Å²) in [6.07, 6.45) is 1.84. The molecule has 0 spiro atoms. The first-order valence-electron chi connectivity index (χ1n) is 7.37. The fraction of sp³-hybridized carbons (Fsp3) is 0.235. The summed E-state index contributed by atoms with van der Waals surface area (Å²) in [4.78, 5) is 29.4. The second-order valence-electron chi connectivity index (χ2n) is 5.12. The lowest BCUT2D eigenvalue weighted by molar-refractivity contribution is -0.121. The van der Waals surface area contributed by atoms with Gasteiger partial charge < -0.3 is 10.2 Å². The molecule has 0 fully saturated rings. The van der Waals surface area contributed by atoms with Gasteiger partial charge in [-0.15, -0.1) is 0 Å². The lowest BCUT2D eigenvalue weighted by atomic mass is 10.2. The van der Waals surface area contributed by atoms with Crippen LogP contribution in [0, 0.1) is 0 Å². The Labute approximate surface area is 150 Å². The largest absolute Gasteiger partial charge is 0.350 e. The summed E-state index contributed by atoms with van der Waals surface area (Å²) in [5.41, 5.74) is 1.38. The summed E-state index contributed by atoms with van der Waals surface area (Å²) in [5, 5.41) is 3.55. The molecular formula is C17H17Cl2N3O2. The van der Waals surface area contributed by atoms with Crippen LogP contribution in [-0.4, -0.2) is 23.3 Å². The monoisotopic (exact) mass is 365 g/mol. The number of rotatable bonds is 6. The third-order valence-electron chi connectivity index (χ3n) is 3.35. The number of benzene rings is 1. The number of hydrogen-bond donors (Lipinski definition) is 1. The highest BCUT2D eigenvalue weighted by molar-refractivity contribution is 6.42. The van der Waals surface area contributed by atoms with Crippen molar-refractivity contribution in [1.29, 1.82) is 0 Å². The molecule has 0 unspecified atom stereocenters. The van der Waals surface area contributed by atoms with E-state index in [2.05, 4.69) is 10.3 Å². The van der Waals surface area contributed by atoms with Crippen LogP contribution in [0.5, 0.6) is 0 Å². The maximum Gasteiger partial charge on any atom is 0.223 e. The van der Waals surface area contributed by atoms with Crippen molar-refractivity contribution in [2.75, 3.05) is 11.4 Å². The third-order valence-corrected chi connectivity index (χ3v) is 4.09. The molecule has 1 aromatic carbocycles. The van der Waals surface area contributed by atoms with Crippen molar-refractivity contribution < 1.29 is 9.59 Å². The summed E-state index contributed by atoms with van der Waals surface area (Å²) in [7, 11) is 0. The zero-order valence-electron chi connectivity index (χ0n) is 13.1. The second kappa shape index (κ2) is 8.66. The number of pyridine rings is 1. The highest BCUT2D eigenvalue weighted by atomic mass is 35.5. The van der Waals surface area contributed by atoms with Crippen LogP contribution >= 0.6 is 23.2 Å². The number of amides is 2. The molecule has 2 rings (SSSR count). The van der Waals surface area contributed by atoms with E-state index >= 15 is 0 Å². The molecule has 0 saturated heterocycles. The van der Waals surface area contributed by atoms with E-state index in [4.69, 9.17) is 23.2 Å². The summed E-state index contributed by atoms with van der Waals surface area (Å²) < 4.78 is 0. The Balaban J connectivity index is 1.92. The smallest absolute Gasteiger partial charge is 0.223 e. The molecular weight excluding hydrogens is 349 g/mol. The van der Waals surface area contributed by atoms with Gasteiger partial charge in [-0.3, -0.25) is 14.6 Å². The average molecular weight is 366 g/mol. The molecule has 0 aliphatic rings. The minimum atomic E-state index is -0.175. The minimum Gasteiger partial charge on any atom is -0.350 e. The van der Waals surface area contributed by atoms with Crippen LogP contribution in [0.3, 0.4) is 0 Å². The summed E-state index contributed by atoms with van der Waals surface area (Å²) in [5.74, 6) is -0.335. The van der Waals surface area contributed by atoms with Gasteiger partial charge in [-0.25, -0.2) is 0 Å². The SMILES string of the molecule is CC(=O)N(CCC(=O)NCc1ccccn1)c1ccc(Cl)c(Cl)c1. The Morgan fingerprint density at radius 1 is 1.17 bits per heavy atom. The molecule has 2 amide bonds. The molecule has 7 heteroatoms. The molecule has 2 aromatic rings. The summed E-state index contributed by atoms with van der Waals surface area (Å²) >= 11 is 11.9. The van der Waals surface area contributed by atoms with E-state index in [1.165, 1.54) is 11.8 Å². The first kappa shape index (κ1) is 18.2. The van der Waals surface area contributed by atoms with Crippen molar-refractivity contribution in [2.45, 2.75) is 19.9 Å². The number of carbonyl (C=O) groups is 2. The Bertz CT molecular complexity index is 723. The zero-order chi connectivity index (χ0) is 17.5. The van der Waals surface area contributed by atoms with Crippen molar-refractivity contribution in [3.63, 3.8) is 0 Å². The van der Waals surface area contributed by atoms with E-state index in [0.717, 1.165) is 5.69 Å². The van der Waals surface area contributed by atoms with Crippen molar-refractivity contribution in [3.8, 4) is 0 Å². The van der Waals surface area contributed by atoms with Crippen molar-refractivity contribution in [3.05, 3.63) is 58.3 Å². The number of aromatic nitrogens is 1. The topological polar surface area (TPSA) is 62.3 Å². The highest BCUT2D eigenvalue weighted by Gasteiger charge is 2.14. The predicted octanol–water partition coefficient (Wildman–Crippen LogP) is 3.45. The van der Waals surface area contributed by atoms with Crippen LogP contribution in [0.1, 0.15) is 19.0 Å². The number of nitrogens with one attached hydrogen (secondary N) is 1. The van der Waals surface area contributed by atoms with Crippen molar-refractivity contribution >= 4 is 40.7 Å². The van der Waals surface area contributed by atoms with Crippen molar-refractivity contribution in [2.24, 2.45) is 0 Å². The maximum absolute atomic E-state index is 12.0. The van der Waals surface area contributed by atoms with Crippen LogP contribution in [-0.2, 0) is 16.1 Å². The standard InChI is InChI=1S/C17H17Cl2N3O2/c1-12(23)22(14-5-6-15(18)16(19)10-14)9-7-17(24)21-11-13-4-2-3-8-20-13/h2-6,8,10H,7,9,11H2,1H3,(H,21,24). The van der Waals surface area contributed by atoms with E-state index in [1.807, 2.05) is 18.2 Å². The van der Waals surface area contributed by atoms with Gasteiger partial charge in [-0.05, 0) is 30.3 Å². The molecule has 0 aliphatic carbocycles.